The molecule has 4 aliphatic rings. The summed E-state index contributed by atoms with van der Waals surface area (Å²) in [6, 6.07) is 0. The topological polar surface area (TPSA) is 37.3 Å². The third-order valence-electron chi connectivity index (χ3n) is 7.33. The lowest BCUT2D eigenvalue weighted by Gasteiger charge is -2.50. The second kappa shape index (κ2) is 5.56. The molecule has 0 aromatic heterocycles. The van der Waals surface area contributed by atoms with Crippen molar-refractivity contribution in [1.29, 1.82) is 0 Å². The predicted octanol–water partition coefficient (Wildman–Crippen LogP) is 4.67. The number of hydrogen-bond acceptors (Lipinski definition) is 2. The van der Waals surface area contributed by atoms with Crippen molar-refractivity contribution in [3.05, 3.63) is 47.6 Å². The van der Waals surface area contributed by atoms with E-state index in [1.54, 1.807) is 0 Å². The maximum absolute atomic E-state index is 11.8. The van der Waals surface area contributed by atoms with Gasteiger partial charge in [-0.1, -0.05) is 25.2 Å². The van der Waals surface area contributed by atoms with Gasteiger partial charge in [0.15, 0.2) is 5.78 Å². The number of aliphatic hydroxyl groups is 1. The number of rotatable bonds is 3. The molecule has 0 aromatic rings. The molecule has 4 rings (SSSR count). The molecule has 0 saturated heterocycles. The molecule has 0 amide bonds. The minimum Gasteiger partial charge on any atom is -0.389 e. The first kappa shape index (κ1) is 16.1. The minimum absolute atomic E-state index is 0.110. The Morgan fingerprint density at radius 1 is 1.33 bits per heavy atom. The molecule has 1 N–H and O–H groups in total. The Balaban J connectivity index is 1.81. The standard InChI is InChI=1S/C22H28O2/c1-3-11-22(24)13-10-20-19-7-5-15-14-16(23)6-8-17(15)18(19)9-12-21(20,22)4-2/h3,9,12,14,19-20,24H,1,4-8,10-11,13H2,2H3. The monoisotopic (exact) mass is 324 g/mol. The van der Waals surface area contributed by atoms with E-state index in [2.05, 4.69) is 25.7 Å². The Labute approximate surface area is 145 Å². The second-order valence-corrected chi connectivity index (χ2v) is 8.11. The van der Waals surface area contributed by atoms with Gasteiger partial charge >= 0.3 is 0 Å². The highest BCUT2D eigenvalue weighted by atomic mass is 16.3. The first-order valence-corrected chi connectivity index (χ1v) is 9.54. The molecular formula is C22H28O2. The average Bonchev–Trinajstić information content (AvgIpc) is 2.88. The maximum atomic E-state index is 11.8. The van der Waals surface area contributed by atoms with Crippen molar-refractivity contribution >= 4 is 5.78 Å². The molecular weight excluding hydrogens is 296 g/mol. The van der Waals surface area contributed by atoms with Gasteiger partial charge in [-0.15, -0.1) is 6.58 Å². The Morgan fingerprint density at radius 3 is 2.92 bits per heavy atom. The molecule has 4 atom stereocenters. The van der Waals surface area contributed by atoms with Crippen molar-refractivity contribution in [2.75, 3.05) is 0 Å². The van der Waals surface area contributed by atoms with Crippen LogP contribution in [0.3, 0.4) is 0 Å². The number of ketones is 1. The molecule has 0 radical (unpaired) electrons. The third-order valence-corrected chi connectivity index (χ3v) is 7.33. The van der Waals surface area contributed by atoms with E-state index in [9.17, 15) is 9.90 Å². The van der Waals surface area contributed by atoms with Crippen LogP contribution >= 0.6 is 0 Å². The van der Waals surface area contributed by atoms with Crippen LogP contribution in [0.5, 0.6) is 0 Å². The lowest BCUT2D eigenvalue weighted by atomic mass is 9.56. The van der Waals surface area contributed by atoms with Crippen molar-refractivity contribution in [3.63, 3.8) is 0 Å². The Hall–Kier alpha value is -1.41. The van der Waals surface area contributed by atoms with E-state index in [4.69, 9.17) is 0 Å². The smallest absolute Gasteiger partial charge is 0.156 e. The van der Waals surface area contributed by atoms with Gasteiger partial charge in [-0.05, 0) is 79.6 Å². The quantitative estimate of drug-likeness (QED) is 0.766. The summed E-state index contributed by atoms with van der Waals surface area (Å²) in [4.78, 5) is 11.8. The van der Waals surface area contributed by atoms with Crippen LogP contribution in [0.1, 0.15) is 58.3 Å². The fraction of sp³-hybridized carbons (Fsp3) is 0.591. The molecule has 2 heteroatoms. The Morgan fingerprint density at radius 2 is 2.17 bits per heavy atom. The van der Waals surface area contributed by atoms with Crippen LogP contribution in [0.4, 0.5) is 0 Å². The van der Waals surface area contributed by atoms with Crippen LogP contribution in [-0.2, 0) is 4.79 Å². The Kier molecular flexibility index (Phi) is 3.72. The van der Waals surface area contributed by atoms with Crippen molar-refractivity contribution < 1.29 is 9.90 Å². The first-order valence-electron chi connectivity index (χ1n) is 9.54. The van der Waals surface area contributed by atoms with Crippen LogP contribution < -0.4 is 0 Å². The largest absolute Gasteiger partial charge is 0.389 e. The molecule has 0 bridgehead atoms. The summed E-state index contributed by atoms with van der Waals surface area (Å²) < 4.78 is 0. The summed E-state index contributed by atoms with van der Waals surface area (Å²) in [6.07, 6.45) is 15.8. The minimum atomic E-state index is -0.639. The van der Waals surface area contributed by atoms with E-state index in [1.807, 2.05) is 12.2 Å². The summed E-state index contributed by atoms with van der Waals surface area (Å²) in [5, 5.41) is 11.4. The van der Waals surface area contributed by atoms with E-state index in [-0.39, 0.29) is 11.2 Å². The van der Waals surface area contributed by atoms with Crippen LogP contribution in [0, 0.1) is 17.3 Å². The number of hydrogen-bond donors (Lipinski definition) is 1. The number of allylic oxidation sites excluding steroid dienone is 5. The molecule has 4 aliphatic carbocycles. The van der Waals surface area contributed by atoms with Crippen LogP contribution in [0.25, 0.3) is 0 Å². The van der Waals surface area contributed by atoms with Crippen molar-refractivity contribution in [2.45, 2.75) is 63.9 Å². The fourth-order valence-electron chi connectivity index (χ4n) is 6.19. The molecule has 0 spiro atoms. The first-order chi connectivity index (χ1) is 11.5. The van der Waals surface area contributed by atoms with Crippen molar-refractivity contribution in [3.8, 4) is 0 Å². The lowest BCUT2D eigenvalue weighted by Crippen LogP contribution is -2.49. The van der Waals surface area contributed by atoms with E-state index in [1.165, 1.54) is 16.7 Å². The summed E-state index contributed by atoms with van der Waals surface area (Å²) in [7, 11) is 0. The van der Waals surface area contributed by atoms with E-state index in [0.29, 0.717) is 24.7 Å². The molecule has 24 heavy (non-hydrogen) atoms. The summed E-state index contributed by atoms with van der Waals surface area (Å²) in [5.41, 5.74) is 3.44. The highest BCUT2D eigenvalue weighted by Crippen LogP contribution is 2.63. The third kappa shape index (κ3) is 2.02. The van der Waals surface area contributed by atoms with E-state index in [0.717, 1.165) is 38.5 Å². The number of carbonyl (C=O) groups is 1. The zero-order chi connectivity index (χ0) is 16.9. The zero-order valence-electron chi connectivity index (χ0n) is 14.7. The molecule has 4 unspecified atom stereocenters. The lowest BCUT2D eigenvalue weighted by molar-refractivity contribution is -0.114. The molecule has 0 aliphatic heterocycles. The van der Waals surface area contributed by atoms with E-state index >= 15 is 0 Å². The van der Waals surface area contributed by atoms with Crippen molar-refractivity contribution in [1.82, 2.24) is 0 Å². The van der Waals surface area contributed by atoms with Gasteiger partial charge in [0.05, 0.1) is 5.60 Å². The SMILES string of the molecule is C=CCC1(O)CCC2C3CCC4=CC(=O)CCC4=C3C=CC21CC. The molecule has 2 nitrogen and oxygen atoms in total. The van der Waals surface area contributed by atoms with Gasteiger partial charge in [-0.3, -0.25) is 4.79 Å². The normalized spacial score (nSPS) is 40.8. The summed E-state index contributed by atoms with van der Waals surface area (Å²) in [6.45, 7) is 6.11. The molecule has 1 fully saturated rings. The highest BCUT2D eigenvalue weighted by Gasteiger charge is 2.60. The number of carbonyl (C=O) groups excluding carboxylic acids is 1. The highest BCUT2D eigenvalue weighted by molar-refractivity contribution is 5.93. The van der Waals surface area contributed by atoms with Crippen LogP contribution in [-0.4, -0.2) is 16.5 Å². The molecule has 0 heterocycles. The van der Waals surface area contributed by atoms with Gasteiger partial charge in [0.2, 0.25) is 0 Å². The van der Waals surface area contributed by atoms with Crippen molar-refractivity contribution in [2.24, 2.45) is 17.3 Å². The van der Waals surface area contributed by atoms with Gasteiger partial charge < -0.3 is 5.11 Å². The Bertz CT molecular complexity index is 680. The van der Waals surface area contributed by atoms with Crippen LogP contribution in [0.15, 0.2) is 47.6 Å². The summed E-state index contributed by atoms with van der Waals surface area (Å²) in [5.74, 6) is 1.37. The maximum Gasteiger partial charge on any atom is 0.156 e. The zero-order valence-corrected chi connectivity index (χ0v) is 14.7. The van der Waals surface area contributed by atoms with E-state index < -0.39 is 5.60 Å². The van der Waals surface area contributed by atoms with Gasteiger partial charge in [0, 0.05) is 11.8 Å². The van der Waals surface area contributed by atoms with Gasteiger partial charge in [0.25, 0.3) is 0 Å². The average molecular weight is 324 g/mol. The molecule has 128 valence electrons. The number of fused-ring (bicyclic) bond motifs is 4. The summed E-state index contributed by atoms with van der Waals surface area (Å²) >= 11 is 0. The fourth-order valence-corrected chi connectivity index (χ4v) is 6.19. The molecule has 0 aromatic carbocycles. The molecule has 1 saturated carbocycles. The van der Waals surface area contributed by atoms with Gasteiger partial charge in [0.1, 0.15) is 0 Å². The van der Waals surface area contributed by atoms with Gasteiger partial charge in [-0.25, -0.2) is 0 Å². The predicted molar refractivity (Wildman–Crippen MR) is 96.4 cm³/mol. The van der Waals surface area contributed by atoms with Crippen LogP contribution in [0.2, 0.25) is 0 Å². The second-order valence-electron chi connectivity index (χ2n) is 8.11. The van der Waals surface area contributed by atoms with Gasteiger partial charge in [-0.2, -0.15) is 0 Å².